The number of hydrogen-bond acceptors (Lipinski definition) is 4. The third kappa shape index (κ3) is 3.60. The average Bonchev–Trinajstić information content (AvgIpc) is 3.08. The van der Waals surface area contributed by atoms with Gasteiger partial charge in [-0.3, -0.25) is 9.67 Å². The molecule has 27 heavy (non-hydrogen) atoms. The smallest absolute Gasteiger partial charge is 0.240 e. The Labute approximate surface area is 157 Å². The number of rotatable bonds is 5. The maximum atomic E-state index is 12.5. The van der Waals surface area contributed by atoms with E-state index in [1.807, 2.05) is 48.3 Å². The van der Waals surface area contributed by atoms with Gasteiger partial charge in [-0.2, -0.15) is 5.10 Å². The van der Waals surface area contributed by atoms with E-state index in [4.69, 9.17) is 0 Å². The largest absolute Gasteiger partial charge is 0.268 e. The van der Waals surface area contributed by atoms with Crippen LogP contribution in [0, 0.1) is 0 Å². The van der Waals surface area contributed by atoms with Crippen LogP contribution in [-0.4, -0.2) is 23.2 Å². The van der Waals surface area contributed by atoms with Crippen LogP contribution in [0.2, 0.25) is 0 Å². The summed E-state index contributed by atoms with van der Waals surface area (Å²) in [7, 11) is -1.67. The lowest BCUT2D eigenvalue weighted by Gasteiger charge is -2.08. The Hall–Kier alpha value is -3.03. The Balaban J connectivity index is 1.55. The van der Waals surface area contributed by atoms with Crippen molar-refractivity contribution < 1.29 is 8.42 Å². The highest BCUT2D eigenvalue weighted by molar-refractivity contribution is 7.89. The van der Waals surface area contributed by atoms with Gasteiger partial charge in [0.05, 0.1) is 16.6 Å². The van der Waals surface area contributed by atoms with Crippen LogP contribution in [0.4, 0.5) is 0 Å². The summed E-state index contributed by atoms with van der Waals surface area (Å²) in [6.45, 7) is 0.226. The van der Waals surface area contributed by atoms with E-state index in [9.17, 15) is 8.42 Å². The highest BCUT2D eigenvalue weighted by Gasteiger charge is 2.14. The molecule has 0 spiro atoms. The molecular formula is C20H18N4O2S. The number of aryl methyl sites for hydroxylation is 1. The van der Waals surface area contributed by atoms with E-state index in [-0.39, 0.29) is 11.4 Å². The predicted molar refractivity (Wildman–Crippen MR) is 104 cm³/mol. The lowest BCUT2D eigenvalue weighted by Crippen LogP contribution is -2.23. The van der Waals surface area contributed by atoms with E-state index < -0.39 is 10.0 Å². The summed E-state index contributed by atoms with van der Waals surface area (Å²) >= 11 is 0. The molecule has 0 aliphatic heterocycles. The molecule has 0 aliphatic carbocycles. The molecule has 0 saturated carbocycles. The number of pyridine rings is 1. The van der Waals surface area contributed by atoms with Gasteiger partial charge in [0.25, 0.3) is 0 Å². The number of fused-ring (bicyclic) bond motifs is 1. The van der Waals surface area contributed by atoms with Gasteiger partial charge in [-0.25, -0.2) is 13.1 Å². The number of aromatic nitrogens is 3. The van der Waals surface area contributed by atoms with E-state index in [2.05, 4.69) is 14.8 Å². The van der Waals surface area contributed by atoms with E-state index in [0.29, 0.717) is 0 Å². The van der Waals surface area contributed by atoms with Crippen LogP contribution < -0.4 is 4.72 Å². The topological polar surface area (TPSA) is 76.9 Å². The molecule has 6 nitrogen and oxygen atoms in total. The van der Waals surface area contributed by atoms with Gasteiger partial charge in [0.15, 0.2) is 0 Å². The lowest BCUT2D eigenvalue weighted by molar-refractivity contribution is 0.581. The van der Waals surface area contributed by atoms with Crippen molar-refractivity contribution in [1.29, 1.82) is 0 Å². The van der Waals surface area contributed by atoms with Crippen molar-refractivity contribution >= 4 is 20.9 Å². The first-order chi connectivity index (χ1) is 13.0. The summed E-state index contributed by atoms with van der Waals surface area (Å²) in [5, 5.41) is 5.29. The van der Waals surface area contributed by atoms with Crippen LogP contribution in [0.25, 0.3) is 22.0 Å². The molecule has 2 aromatic heterocycles. The van der Waals surface area contributed by atoms with Crippen LogP contribution in [0.15, 0.2) is 78.1 Å². The van der Waals surface area contributed by atoms with Crippen molar-refractivity contribution in [3.8, 4) is 11.1 Å². The number of sulfonamides is 1. The highest BCUT2D eigenvalue weighted by atomic mass is 32.2. The summed E-state index contributed by atoms with van der Waals surface area (Å²) in [5.74, 6) is 0. The van der Waals surface area contributed by atoms with E-state index >= 15 is 0 Å². The van der Waals surface area contributed by atoms with Crippen LogP contribution >= 0.6 is 0 Å². The summed E-state index contributed by atoms with van der Waals surface area (Å²) in [5.41, 5.74) is 3.88. The van der Waals surface area contributed by atoms with Crippen LogP contribution in [0.5, 0.6) is 0 Å². The molecule has 7 heteroatoms. The Bertz CT molecular complexity index is 1180. The van der Waals surface area contributed by atoms with Crippen LogP contribution in [-0.2, 0) is 23.6 Å². The second kappa shape index (κ2) is 6.94. The first-order valence-electron chi connectivity index (χ1n) is 8.44. The molecule has 2 heterocycles. The molecule has 136 valence electrons. The van der Waals surface area contributed by atoms with Crippen LogP contribution in [0.1, 0.15) is 5.56 Å². The minimum absolute atomic E-state index is 0.226. The molecule has 0 bridgehead atoms. The van der Waals surface area contributed by atoms with Gasteiger partial charge in [-0.15, -0.1) is 0 Å². The zero-order valence-electron chi connectivity index (χ0n) is 14.7. The molecule has 2 aromatic carbocycles. The van der Waals surface area contributed by atoms with E-state index in [1.165, 1.54) is 0 Å². The van der Waals surface area contributed by atoms with E-state index in [0.717, 1.165) is 27.6 Å². The molecule has 0 aliphatic rings. The molecule has 0 amide bonds. The van der Waals surface area contributed by atoms with Crippen molar-refractivity contribution in [3.63, 3.8) is 0 Å². The molecular weight excluding hydrogens is 360 g/mol. The van der Waals surface area contributed by atoms with Crippen molar-refractivity contribution in [2.75, 3.05) is 0 Å². The summed E-state index contributed by atoms with van der Waals surface area (Å²) < 4.78 is 29.4. The third-order valence-corrected chi connectivity index (χ3v) is 5.88. The summed E-state index contributed by atoms with van der Waals surface area (Å²) in [6, 6.07) is 16.5. The normalized spacial score (nSPS) is 11.7. The van der Waals surface area contributed by atoms with Gasteiger partial charge in [-0.05, 0) is 53.1 Å². The molecule has 4 rings (SSSR count). The fraction of sp³-hybridized carbons (Fsp3) is 0.100. The lowest BCUT2D eigenvalue weighted by atomic mass is 10.0. The first-order valence-corrected chi connectivity index (χ1v) is 9.92. The second-order valence-corrected chi connectivity index (χ2v) is 8.01. The van der Waals surface area contributed by atoms with Gasteiger partial charge in [0.2, 0.25) is 10.0 Å². The van der Waals surface area contributed by atoms with Gasteiger partial charge < -0.3 is 0 Å². The van der Waals surface area contributed by atoms with Gasteiger partial charge in [-0.1, -0.05) is 18.2 Å². The predicted octanol–water partition coefficient (Wildman–Crippen LogP) is 3.11. The third-order valence-electron chi connectivity index (χ3n) is 4.46. The fourth-order valence-electron chi connectivity index (χ4n) is 2.93. The average molecular weight is 378 g/mol. The molecule has 1 N–H and O–H groups in total. The zero-order chi connectivity index (χ0) is 18.9. The Morgan fingerprint density at radius 2 is 1.67 bits per heavy atom. The van der Waals surface area contributed by atoms with Crippen molar-refractivity contribution in [2.45, 2.75) is 11.4 Å². The minimum Gasteiger partial charge on any atom is -0.268 e. The second-order valence-electron chi connectivity index (χ2n) is 6.25. The quantitative estimate of drug-likeness (QED) is 0.579. The Kier molecular flexibility index (Phi) is 4.47. The molecule has 0 saturated heterocycles. The maximum absolute atomic E-state index is 12.5. The number of nitrogens with one attached hydrogen (secondary N) is 1. The number of hydrogen-bond donors (Lipinski definition) is 1. The van der Waals surface area contributed by atoms with E-state index in [1.54, 1.807) is 36.7 Å². The van der Waals surface area contributed by atoms with Crippen molar-refractivity contribution in [3.05, 3.63) is 78.8 Å². The Morgan fingerprint density at radius 3 is 2.41 bits per heavy atom. The number of nitrogens with zero attached hydrogens (tertiary/aromatic N) is 3. The minimum atomic E-state index is -3.57. The standard InChI is InChI=1S/C20H18N4O2S/c1-24-20-7-4-17(12-18(20)14-22-24)16-2-5-19(6-3-16)27(25,26)23-13-15-8-10-21-11-9-15/h2-12,14,23H,13H2,1H3. The van der Waals surface area contributed by atoms with Gasteiger partial charge in [0, 0.05) is 31.4 Å². The molecule has 0 fully saturated rings. The Morgan fingerprint density at radius 1 is 0.963 bits per heavy atom. The highest BCUT2D eigenvalue weighted by Crippen LogP contribution is 2.25. The fourth-order valence-corrected chi connectivity index (χ4v) is 3.95. The monoisotopic (exact) mass is 378 g/mol. The number of benzene rings is 2. The molecule has 0 atom stereocenters. The van der Waals surface area contributed by atoms with Crippen molar-refractivity contribution in [1.82, 2.24) is 19.5 Å². The first kappa shape index (κ1) is 17.4. The van der Waals surface area contributed by atoms with Crippen LogP contribution in [0.3, 0.4) is 0 Å². The zero-order valence-corrected chi connectivity index (χ0v) is 15.5. The van der Waals surface area contributed by atoms with Crippen molar-refractivity contribution in [2.24, 2.45) is 7.05 Å². The van der Waals surface area contributed by atoms with Gasteiger partial charge >= 0.3 is 0 Å². The maximum Gasteiger partial charge on any atom is 0.240 e. The SMILES string of the molecule is Cn1ncc2cc(-c3ccc(S(=O)(=O)NCc4ccncc4)cc3)ccc21. The summed E-state index contributed by atoms with van der Waals surface area (Å²) in [6.07, 6.45) is 5.09. The summed E-state index contributed by atoms with van der Waals surface area (Å²) in [4.78, 5) is 4.16. The molecule has 4 aromatic rings. The molecule has 0 unspecified atom stereocenters. The van der Waals surface area contributed by atoms with Gasteiger partial charge in [0.1, 0.15) is 0 Å². The molecule has 0 radical (unpaired) electrons.